The number of aliphatic hydroxyl groups excluding tert-OH is 1. The van der Waals surface area contributed by atoms with Crippen LogP contribution in [0.1, 0.15) is 38.5 Å². The highest BCUT2D eigenvalue weighted by atomic mass is 16.5. The van der Waals surface area contributed by atoms with Gasteiger partial charge >= 0.3 is 17.9 Å². The summed E-state index contributed by atoms with van der Waals surface area (Å²) in [7, 11) is 0. The Hall–Kier alpha value is -1.63. The van der Waals surface area contributed by atoms with Gasteiger partial charge in [0, 0.05) is 13.0 Å². The molecule has 1 aliphatic heterocycles. The summed E-state index contributed by atoms with van der Waals surface area (Å²) in [6.45, 7) is 0.846. The molecule has 0 aromatic carbocycles. The Bertz CT molecular complexity index is 268. The minimum atomic E-state index is -0.853. The predicted octanol–water partition coefficient (Wildman–Crippen LogP) is 0.490. The van der Waals surface area contributed by atoms with E-state index in [9.17, 15) is 14.4 Å². The summed E-state index contributed by atoms with van der Waals surface area (Å²) in [5, 5.41) is 16.0. The van der Waals surface area contributed by atoms with E-state index < -0.39 is 5.97 Å². The van der Waals surface area contributed by atoms with Gasteiger partial charge in [-0.05, 0) is 19.3 Å². The van der Waals surface area contributed by atoms with Crippen LogP contribution in [0.3, 0.4) is 0 Å². The topological polar surface area (TPSA) is 110 Å². The number of hydrogen-bond donors (Lipinski definition) is 2. The Morgan fingerprint density at radius 3 is 1.84 bits per heavy atom. The molecule has 110 valence electrons. The first-order chi connectivity index (χ1) is 9.06. The van der Waals surface area contributed by atoms with Crippen molar-refractivity contribution < 1.29 is 34.1 Å². The molecule has 0 saturated carbocycles. The van der Waals surface area contributed by atoms with Gasteiger partial charge in [0.15, 0.2) is 0 Å². The SMILES string of the molecule is O=C(O)CCCO.O=C1CCC(=O)OCCCCO1. The second-order valence-electron chi connectivity index (χ2n) is 3.87. The number of carboxylic acid groups (broad SMARTS) is 1. The molecule has 0 radical (unpaired) electrons. The van der Waals surface area contributed by atoms with Gasteiger partial charge in [-0.3, -0.25) is 14.4 Å². The van der Waals surface area contributed by atoms with E-state index in [2.05, 4.69) is 0 Å². The van der Waals surface area contributed by atoms with Crippen LogP contribution in [0.2, 0.25) is 0 Å². The molecule has 0 unspecified atom stereocenters. The van der Waals surface area contributed by atoms with Crippen LogP contribution < -0.4 is 0 Å². The molecular weight excluding hydrogens is 256 g/mol. The summed E-state index contributed by atoms with van der Waals surface area (Å²) in [5.41, 5.74) is 0. The van der Waals surface area contributed by atoms with Gasteiger partial charge in [-0.25, -0.2) is 0 Å². The fourth-order valence-electron chi connectivity index (χ4n) is 1.15. The smallest absolute Gasteiger partial charge is 0.306 e. The summed E-state index contributed by atoms with van der Waals surface area (Å²) in [4.78, 5) is 31.3. The maximum absolute atomic E-state index is 10.8. The molecule has 0 atom stereocenters. The van der Waals surface area contributed by atoms with E-state index in [4.69, 9.17) is 19.7 Å². The van der Waals surface area contributed by atoms with Crippen molar-refractivity contribution in [3.63, 3.8) is 0 Å². The molecule has 7 nitrogen and oxygen atoms in total. The van der Waals surface area contributed by atoms with Gasteiger partial charge in [-0.1, -0.05) is 0 Å². The number of carbonyl (C=O) groups excluding carboxylic acids is 2. The van der Waals surface area contributed by atoms with E-state index in [1.807, 2.05) is 0 Å². The van der Waals surface area contributed by atoms with Crippen molar-refractivity contribution in [2.75, 3.05) is 19.8 Å². The van der Waals surface area contributed by atoms with Gasteiger partial charge < -0.3 is 19.7 Å². The second kappa shape index (κ2) is 11.5. The van der Waals surface area contributed by atoms with E-state index in [-0.39, 0.29) is 37.8 Å². The van der Waals surface area contributed by atoms with Crippen LogP contribution in [0.4, 0.5) is 0 Å². The Kier molecular flexibility index (Phi) is 10.5. The van der Waals surface area contributed by atoms with E-state index in [0.717, 1.165) is 12.8 Å². The van der Waals surface area contributed by atoms with Gasteiger partial charge in [0.2, 0.25) is 0 Å². The highest BCUT2D eigenvalue weighted by molar-refractivity contribution is 5.77. The summed E-state index contributed by atoms with van der Waals surface area (Å²) >= 11 is 0. The number of aliphatic carboxylic acids is 1. The molecule has 19 heavy (non-hydrogen) atoms. The van der Waals surface area contributed by atoms with Crippen molar-refractivity contribution in [1.82, 2.24) is 0 Å². The van der Waals surface area contributed by atoms with Crippen molar-refractivity contribution in [3.8, 4) is 0 Å². The Balaban J connectivity index is 0.000000399. The number of rotatable bonds is 3. The first-order valence-corrected chi connectivity index (χ1v) is 6.20. The van der Waals surface area contributed by atoms with Crippen LogP contribution >= 0.6 is 0 Å². The summed E-state index contributed by atoms with van der Waals surface area (Å²) in [6, 6.07) is 0. The first kappa shape index (κ1) is 17.4. The zero-order valence-corrected chi connectivity index (χ0v) is 10.8. The monoisotopic (exact) mass is 276 g/mol. The van der Waals surface area contributed by atoms with Crippen molar-refractivity contribution in [3.05, 3.63) is 0 Å². The third kappa shape index (κ3) is 12.6. The standard InChI is InChI=1S/C8H12O4.C4H8O3/c9-7-3-4-8(10)12-6-2-1-5-11-7;5-3-1-2-4(6)7/h1-6H2;5H,1-3H2,(H,6,7). The van der Waals surface area contributed by atoms with Crippen LogP contribution in [0, 0.1) is 0 Å². The van der Waals surface area contributed by atoms with Crippen LogP contribution in [0.5, 0.6) is 0 Å². The Morgan fingerprint density at radius 1 is 1.05 bits per heavy atom. The van der Waals surface area contributed by atoms with E-state index in [0.29, 0.717) is 19.6 Å². The molecule has 0 aromatic heterocycles. The predicted molar refractivity (Wildman–Crippen MR) is 64.3 cm³/mol. The first-order valence-electron chi connectivity index (χ1n) is 6.20. The Morgan fingerprint density at radius 2 is 1.53 bits per heavy atom. The lowest BCUT2D eigenvalue weighted by Crippen LogP contribution is -2.14. The van der Waals surface area contributed by atoms with Crippen LogP contribution in [-0.2, 0) is 23.9 Å². The molecule has 2 N–H and O–H groups in total. The van der Waals surface area contributed by atoms with Crippen LogP contribution in [0.15, 0.2) is 0 Å². The maximum Gasteiger partial charge on any atom is 0.306 e. The molecule has 1 aliphatic rings. The fourth-order valence-corrected chi connectivity index (χ4v) is 1.15. The number of cyclic esters (lactones) is 2. The van der Waals surface area contributed by atoms with E-state index >= 15 is 0 Å². The summed E-state index contributed by atoms with van der Waals surface area (Å²) in [6.07, 6.45) is 2.22. The number of carbonyl (C=O) groups is 3. The van der Waals surface area contributed by atoms with Gasteiger partial charge in [0.25, 0.3) is 0 Å². The molecule has 1 saturated heterocycles. The van der Waals surface area contributed by atoms with Crippen molar-refractivity contribution >= 4 is 17.9 Å². The normalized spacial score (nSPS) is 16.5. The molecule has 0 aliphatic carbocycles. The molecular formula is C12H20O7. The molecule has 0 spiro atoms. The quantitative estimate of drug-likeness (QED) is 0.722. The minimum absolute atomic E-state index is 0.0354. The zero-order valence-electron chi connectivity index (χ0n) is 10.8. The lowest BCUT2D eigenvalue weighted by Gasteiger charge is -2.08. The molecule has 1 rings (SSSR count). The Labute approximate surface area is 111 Å². The largest absolute Gasteiger partial charge is 0.481 e. The molecule has 7 heteroatoms. The number of esters is 2. The number of aliphatic hydroxyl groups is 1. The minimum Gasteiger partial charge on any atom is -0.481 e. The van der Waals surface area contributed by atoms with Crippen molar-refractivity contribution in [2.24, 2.45) is 0 Å². The number of carboxylic acids is 1. The molecule has 1 heterocycles. The molecule has 0 amide bonds. The highest BCUT2D eigenvalue weighted by Gasteiger charge is 2.10. The third-order valence-corrected chi connectivity index (χ3v) is 2.15. The van der Waals surface area contributed by atoms with Gasteiger partial charge in [0.1, 0.15) is 0 Å². The fraction of sp³-hybridized carbons (Fsp3) is 0.750. The van der Waals surface area contributed by atoms with Crippen LogP contribution in [0.25, 0.3) is 0 Å². The number of ether oxygens (including phenoxy) is 2. The lowest BCUT2D eigenvalue weighted by atomic mass is 10.3. The third-order valence-electron chi connectivity index (χ3n) is 2.15. The molecule has 0 bridgehead atoms. The summed E-state index contributed by atoms with van der Waals surface area (Å²) in [5.74, 6) is -1.48. The highest BCUT2D eigenvalue weighted by Crippen LogP contribution is 2.01. The molecule has 1 fully saturated rings. The van der Waals surface area contributed by atoms with E-state index in [1.165, 1.54) is 0 Å². The average Bonchev–Trinajstić information content (AvgIpc) is 2.38. The maximum atomic E-state index is 10.8. The van der Waals surface area contributed by atoms with Gasteiger partial charge in [-0.15, -0.1) is 0 Å². The van der Waals surface area contributed by atoms with Crippen molar-refractivity contribution in [2.45, 2.75) is 38.5 Å². The zero-order chi connectivity index (χ0) is 14.5. The number of hydrogen-bond acceptors (Lipinski definition) is 6. The molecule has 0 aromatic rings. The average molecular weight is 276 g/mol. The summed E-state index contributed by atoms with van der Waals surface area (Å²) < 4.78 is 9.64. The van der Waals surface area contributed by atoms with Gasteiger partial charge in [-0.2, -0.15) is 0 Å². The van der Waals surface area contributed by atoms with Crippen LogP contribution in [-0.4, -0.2) is 47.9 Å². The van der Waals surface area contributed by atoms with E-state index in [1.54, 1.807) is 0 Å². The second-order valence-corrected chi connectivity index (χ2v) is 3.87. The van der Waals surface area contributed by atoms with Gasteiger partial charge in [0.05, 0.1) is 26.1 Å². The lowest BCUT2D eigenvalue weighted by molar-refractivity contribution is -0.152. The van der Waals surface area contributed by atoms with Crippen molar-refractivity contribution in [1.29, 1.82) is 0 Å².